The van der Waals surface area contributed by atoms with Gasteiger partial charge in [0.2, 0.25) is 5.91 Å². The highest BCUT2D eigenvalue weighted by molar-refractivity contribution is 5.78. The summed E-state index contributed by atoms with van der Waals surface area (Å²) in [5.74, 6) is -0.464. The monoisotopic (exact) mass is 284 g/mol. The molecule has 8 heteroatoms. The van der Waals surface area contributed by atoms with E-state index in [0.717, 1.165) is 0 Å². The normalized spacial score (nSPS) is 24.6. The summed E-state index contributed by atoms with van der Waals surface area (Å²) >= 11 is 0. The molecule has 1 amide bonds. The Hall–Kier alpha value is -0.860. The summed E-state index contributed by atoms with van der Waals surface area (Å²) in [6, 6.07) is -0.208. The summed E-state index contributed by atoms with van der Waals surface area (Å²) in [6.07, 6.45) is -3.14. The second-order valence-electron chi connectivity index (χ2n) is 4.47. The molecule has 1 saturated heterocycles. The summed E-state index contributed by atoms with van der Waals surface area (Å²) in [6.45, 7) is -1.31. The van der Waals surface area contributed by atoms with Crippen LogP contribution in [0.4, 0.5) is 13.2 Å². The van der Waals surface area contributed by atoms with Gasteiger partial charge in [0.15, 0.2) is 0 Å². The first-order valence-corrected chi connectivity index (χ1v) is 6.04. The molecule has 1 fully saturated rings. The van der Waals surface area contributed by atoms with E-state index in [2.05, 4.69) is 4.74 Å². The third kappa shape index (κ3) is 5.33. The van der Waals surface area contributed by atoms with Crippen LogP contribution in [0.25, 0.3) is 0 Å². The highest BCUT2D eigenvalue weighted by atomic mass is 19.4. The average molecular weight is 284 g/mol. The van der Waals surface area contributed by atoms with Crippen molar-refractivity contribution in [2.24, 2.45) is 5.73 Å². The lowest BCUT2D eigenvalue weighted by molar-refractivity contribution is -0.179. The van der Waals surface area contributed by atoms with Gasteiger partial charge in [0.05, 0.1) is 6.10 Å². The van der Waals surface area contributed by atoms with E-state index in [1.54, 1.807) is 7.11 Å². The summed E-state index contributed by atoms with van der Waals surface area (Å²) in [7, 11) is 1.59. The van der Waals surface area contributed by atoms with E-state index in [1.807, 2.05) is 0 Å². The molecule has 1 aliphatic rings. The number of nitrogens with two attached hydrogens (primary N) is 1. The molecular weight excluding hydrogens is 265 g/mol. The third-order valence-electron chi connectivity index (χ3n) is 3.08. The van der Waals surface area contributed by atoms with Gasteiger partial charge in [-0.15, -0.1) is 0 Å². The maximum atomic E-state index is 11.9. The van der Waals surface area contributed by atoms with Gasteiger partial charge in [-0.2, -0.15) is 13.2 Å². The molecule has 0 bridgehead atoms. The second-order valence-corrected chi connectivity index (χ2v) is 4.47. The summed E-state index contributed by atoms with van der Waals surface area (Å²) in [4.78, 5) is 13.3. The molecule has 0 aromatic carbocycles. The van der Waals surface area contributed by atoms with Crippen molar-refractivity contribution in [2.45, 2.75) is 31.2 Å². The Labute approximate surface area is 109 Å². The Morgan fingerprint density at radius 2 is 2.16 bits per heavy atom. The molecule has 0 aliphatic carbocycles. The van der Waals surface area contributed by atoms with Crippen LogP contribution in [0, 0.1) is 0 Å². The number of methoxy groups -OCH3 is 1. The predicted octanol–water partition coefficient (Wildman–Crippen LogP) is 0.530. The molecule has 2 unspecified atom stereocenters. The number of ether oxygens (including phenoxy) is 2. The van der Waals surface area contributed by atoms with Gasteiger partial charge >= 0.3 is 6.18 Å². The maximum Gasteiger partial charge on any atom is 0.411 e. The van der Waals surface area contributed by atoms with Gasteiger partial charge in [-0.3, -0.25) is 4.79 Å². The van der Waals surface area contributed by atoms with E-state index >= 15 is 0 Å². The van der Waals surface area contributed by atoms with E-state index < -0.39 is 25.3 Å². The number of nitrogens with zero attached hydrogens (tertiary/aromatic N) is 1. The Morgan fingerprint density at radius 1 is 1.47 bits per heavy atom. The van der Waals surface area contributed by atoms with Crippen molar-refractivity contribution < 1.29 is 27.4 Å². The van der Waals surface area contributed by atoms with Gasteiger partial charge in [-0.1, -0.05) is 0 Å². The van der Waals surface area contributed by atoms with E-state index in [-0.39, 0.29) is 18.7 Å². The van der Waals surface area contributed by atoms with Gasteiger partial charge < -0.3 is 20.1 Å². The second kappa shape index (κ2) is 7.06. The molecule has 1 aliphatic heterocycles. The molecule has 1 heterocycles. The average Bonchev–Trinajstić information content (AvgIpc) is 2.36. The van der Waals surface area contributed by atoms with Crippen LogP contribution in [0.15, 0.2) is 0 Å². The van der Waals surface area contributed by atoms with Crippen LogP contribution in [0.1, 0.15) is 12.8 Å². The Kier molecular flexibility index (Phi) is 6.02. The summed E-state index contributed by atoms with van der Waals surface area (Å²) in [5.41, 5.74) is 5.58. The van der Waals surface area contributed by atoms with E-state index in [9.17, 15) is 18.0 Å². The molecule has 0 saturated carbocycles. The van der Waals surface area contributed by atoms with E-state index in [1.165, 1.54) is 4.90 Å². The van der Waals surface area contributed by atoms with Crippen LogP contribution < -0.4 is 5.73 Å². The van der Waals surface area contributed by atoms with Crippen LogP contribution in [-0.4, -0.2) is 62.5 Å². The first-order chi connectivity index (χ1) is 8.87. The zero-order valence-electron chi connectivity index (χ0n) is 10.8. The maximum absolute atomic E-state index is 11.9. The van der Waals surface area contributed by atoms with Crippen molar-refractivity contribution in [3.05, 3.63) is 0 Å². The molecule has 19 heavy (non-hydrogen) atoms. The minimum atomic E-state index is -4.42. The number of likely N-dealkylation sites (tertiary alicyclic amines) is 1. The van der Waals surface area contributed by atoms with E-state index in [4.69, 9.17) is 10.5 Å². The lowest BCUT2D eigenvalue weighted by atomic mass is 9.99. The van der Waals surface area contributed by atoms with Gasteiger partial charge in [0.25, 0.3) is 0 Å². The number of carbonyl (C=O) groups excluding carboxylic acids is 1. The topological polar surface area (TPSA) is 64.8 Å². The van der Waals surface area contributed by atoms with E-state index in [0.29, 0.717) is 19.4 Å². The first-order valence-electron chi connectivity index (χ1n) is 6.04. The summed E-state index contributed by atoms with van der Waals surface area (Å²) < 4.78 is 45.3. The molecule has 0 radical (unpaired) electrons. The van der Waals surface area contributed by atoms with Gasteiger partial charge in [0.1, 0.15) is 13.2 Å². The third-order valence-corrected chi connectivity index (χ3v) is 3.08. The number of carbonyl (C=O) groups is 1. The minimum Gasteiger partial charge on any atom is -0.381 e. The Morgan fingerprint density at radius 3 is 2.68 bits per heavy atom. The highest BCUT2D eigenvalue weighted by Gasteiger charge is 2.32. The lowest BCUT2D eigenvalue weighted by Crippen LogP contribution is -2.52. The standard InChI is InChI=1S/C11H19F3N2O3/c1-18-9-2-3-16(8(4-9)5-15)10(17)6-19-7-11(12,13)14/h8-9H,2-7,15H2,1H3. The molecule has 112 valence electrons. The van der Waals surface area contributed by atoms with Crippen molar-refractivity contribution in [3.63, 3.8) is 0 Å². The molecule has 0 aromatic heterocycles. The van der Waals surface area contributed by atoms with Crippen molar-refractivity contribution in [1.29, 1.82) is 0 Å². The molecule has 5 nitrogen and oxygen atoms in total. The van der Waals surface area contributed by atoms with Crippen molar-refractivity contribution in [2.75, 3.05) is 33.4 Å². The largest absolute Gasteiger partial charge is 0.411 e. The number of halogens is 3. The fraction of sp³-hybridized carbons (Fsp3) is 0.909. The van der Waals surface area contributed by atoms with Crippen molar-refractivity contribution in [3.8, 4) is 0 Å². The molecule has 2 N–H and O–H groups in total. The summed E-state index contributed by atoms with van der Waals surface area (Å²) in [5, 5.41) is 0. The quantitative estimate of drug-likeness (QED) is 0.800. The first kappa shape index (κ1) is 16.2. The smallest absolute Gasteiger partial charge is 0.381 e. The van der Waals surface area contributed by atoms with Crippen molar-refractivity contribution in [1.82, 2.24) is 4.90 Å². The number of hydrogen-bond acceptors (Lipinski definition) is 4. The Balaban J connectivity index is 2.42. The fourth-order valence-electron chi connectivity index (χ4n) is 2.12. The molecule has 0 aromatic rings. The Bertz CT molecular complexity index is 299. The number of hydrogen-bond donors (Lipinski definition) is 1. The zero-order chi connectivity index (χ0) is 14.5. The number of alkyl halides is 3. The lowest BCUT2D eigenvalue weighted by Gasteiger charge is -2.38. The van der Waals surface area contributed by atoms with Crippen molar-refractivity contribution >= 4 is 5.91 Å². The fourth-order valence-corrected chi connectivity index (χ4v) is 2.12. The van der Waals surface area contributed by atoms with Crippen LogP contribution in [-0.2, 0) is 14.3 Å². The number of amides is 1. The van der Waals surface area contributed by atoms with Crippen LogP contribution >= 0.6 is 0 Å². The van der Waals surface area contributed by atoms with Crippen LogP contribution in [0.5, 0.6) is 0 Å². The molecule has 1 rings (SSSR count). The number of piperidine rings is 1. The van der Waals surface area contributed by atoms with Crippen LogP contribution in [0.3, 0.4) is 0 Å². The molecular formula is C11H19F3N2O3. The van der Waals surface area contributed by atoms with Gasteiger partial charge in [-0.05, 0) is 12.8 Å². The molecule has 0 spiro atoms. The van der Waals surface area contributed by atoms with Crippen LogP contribution in [0.2, 0.25) is 0 Å². The highest BCUT2D eigenvalue weighted by Crippen LogP contribution is 2.20. The SMILES string of the molecule is COC1CCN(C(=O)COCC(F)(F)F)C(CN)C1. The molecule has 2 atom stereocenters. The van der Waals surface area contributed by atoms with Gasteiger partial charge in [-0.25, -0.2) is 0 Å². The predicted molar refractivity (Wildman–Crippen MR) is 61.5 cm³/mol. The number of rotatable bonds is 5. The van der Waals surface area contributed by atoms with Gasteiger partial charge in [0, 0.05) is 26.2 Å². The minimum absolute atomic E-state index is 0.0358. The zero-order valence-corrected chi connectivity index (χ0v) is 10.8.